The maximum Gasteiger partial charge on any atom is 0.388 e. The van der Waals surface area contributed by atoms with Crippen LogP contribution in [0.3, 0.4) is 0 Å². The Hall–Kier alpha value is -3.08. The molecule has 2 heterocycles. The van der Waals surface area contributed by atoms with Gasteiger partial charge < -0.3 is 20.3 Å². The quantitative estimate of drug-likeness (QED) is 0.530. The Labute approximate surface area is 179 Å². The van der Waals surface area contributed by atoms with Crippen LogP contribution in [0.4, 0.5) is 22.4 Å². The van der Waals surface area contributed by atoms with Gasteiger partial charge in [0.1, 0.15) is 22.7 Å². The molecule has 7 nitrogen and oxygen atoms in total. The van der Waals surface area contributed by atoms with Gasteiger partial charge in [-0.05, 0) is 24.6 Å². The lowest BCUT2D eigenvalue weighted by Crippen LogP contribution is -2.58. The Kier molecular flexibility index (Phi) is 6.84. The van der Waals surface area contributed by atoms with E-state index in [9.17, 15) is 27.2 Å². The third-order valence-electron chi connectivity index (χ3n) is 4.71. The minimum Gasteiger partial charge on any atom is -0.417 e. The number of halogens is 5. The number of nitrogens with zero attached hydrogens (tertiary/aromatic N) is 2. The van der Waals surface area contributed by atoms with Gasteiger partial charge in [0.2, 0.25) is 11.8 Å². The Morgan fingerprint density at radius 3 is 2.71 bits per heavy atom. The lowest BCUT2D eigenvalue weighted by atomic mass is 9.99. The van der Waals surface area contributed by atoms with E-state index >= 15 is 0 Å². The summed E-state index contributed by atoms with van der Waals surface area (Å²) in [7, 11) is 0. The summed E-state index contributed by atoms with van der Waals surface area (Å²) in [5, 5.41) is 4.42. The Morgan fingerprint density at radius 2 is 2.06 bits per heavy atom. The molecular weight excluding hydrogens is 444 g/mol. The Balaban J connectivity index is 1.96. The standard InChI is InChI=1S/C19H17ClF4N4O3/c1-9-17(29)25-6-7-28(9)19(30)27-16(11-3-4-12(21)14(20)15(11)22)10-2-5-13(26-8-10)31-18(23)24/h2-5,8-9,16,18H,6-7H2,1H3,(H,25,29)(H,27,30)/t9-,16?/m1/s1. The number of rotatable bonds is 5. The highest BCUT2D eigenvalue weighted by molar-refractivity contribution is 6.31. The highest BCUT2D eigenvalue weighted by Crippen LogP contribution is 2.30. The molecule has 31 heavy (non-hydrogen) atoms. The smallest absolute Gasteiger partial charge is 0.388 e. The second kappa shape index (κ2) is 9.38. The third-order valence-corrected chi connectivity index (χ3v) is 5.05. The summed E-state index contributed by atoms with van der Waals surface area (Å²) < 4.78 is 57.3. The summed E-state index contributed by atoms with van der Waals surface area (Å²) in [6.07, 6.45) is 1.10. The number of nitrogens with one attached hydrogen (secondary N) is 2. The first-order valence-corrected chi connectivity index (χ1v) is 9.45. The fraction of sp³-hybridized carbons (Fsp3) is 0.316. The van der Waals surface area contributed by atoms with Crippen LogP contribution in [0, 0.1) is 11.6 Å². The lowest BCUT2D eigenvalue weighted by molar-refractivity contribution is -0.126. The van der Waals surface area contributed by atoms with Gasteiger partial charge in [0.05, 0.1) is 6.04 Å². The summed E-state index contributed by atoms with van der Waals surface area (Å²) >= 11 is 5.68. The topological polar surface area (TPSA) is 83.6 Å². The molecule has 3 amide bonds. The minimum atomic E-state index is -3.09. The Morgan fingerprint density at radius 1 is 1.32 bits per heavy atom. The number of urea groups is 1. The van der Waals surface area contributed by atoms with Gasteiger partial charge in [-0.3, -0.25) is 4.79 Å². The number of pyridine rings is 1. The molecule has 0 radical (unpaired) electrons. The van der Waals surface area contributed by atoms with Crippen LogP contribution in [0.5, 0.6) is 5.88 Å². The van der Waals surface area contributed by atoms with Crippen LogP contribution in [0.1, 0.15) is 24.1 Å². The minimum absolute atomic E-state index is 0.182. The number of ether oxygens (including phenoxy) is 1. The van der Waals surface area contributed by atoms with E-state index in [0.717, 1.165) is 24.4 Å². The molecule has 0 saturated carbocycles. The van der Waals surface area contributed by atoms with Crippen LogP contribution in [0.2, 0.25) is 5.02 Å². The van der Waals surface area contributed by atoms with Crippen molar-refractivity contribution in [3.8, 4) is 5.88 Å². The number of piperazine rings is 1. The van der Waals surface area contributed by atoms with Crippen molar-refractivity contribution in [3.63, 3.8) is 0 Å². The van der Waals surface area contributed by atoms with Crippen LogP contribution in [-0.4, -0.2) is 47.6 Å². The summed E-state index contributed by atoms with van der Waals surface area (Å²) in [5.41, 5.74) is 0.00356. The fourth-order valence-corrected chi connectivity index (χ4v) is 3.27. The highest BCUT2D eigenvalue weighted by Gasteiger charge is 2.32. The van der Waals surface area contributed by atoms with Crippen LogP contribution < -0.4 is 15.4 Å². The van der Waals surface area contributed by atoms with Crippen molar-refractivity contribution in [2.75, 3.05) is 13.1 Å². The van der Waals surface area contributed by atoms with E-state index < -0.39 is 41.4 Å². The van der Waals surface area contributed by atoms with Gasteiger partial charge >= 0.3 is 12.6 Å². The second-order valence-corrected chi connectivity index (χ2v) is 6.99. The van der Waals surface area contributed by atoms with Crippen molar-refractivity contribution in [2.24, 2.45) is 0 Å². The molecular formula is C19H17ClF4N4O3. The van der Waals surface area contributed by atoms with Crippen LogP contribution in [-0.2, 0) is 4.79 Å². The average Bonchev–Trinajstić information content (AvgIpc) is 2.73. The van der Waals surface area contributed by atoms with Gasteiger partial charge in [-0.15, -0.1) is 0 Å². The molecule has 3 rings (SSSR count). The van der Waals surface area contributed by atoms with E-state index in [1.807, 2.05) is 0 Å². The highest BCUT2D eigenvalue weighted by atomic mass is 35.5. The van der Waals surface area contributed by atoms with Crippen molar-refractivity contribution in [3.05, 3.63) is 58.2 Å². The number of carbonyl (C=O) groups is 2. The lowest BCUT2D eigenvalue weighted by Gasteiger charge is -2.34. The molecule has 0 spiro atoms. The predicted octanol–water partition coefficient (Wildman–Crippen LogP) is 3.23. The summed E-state index contributed by atoms with van der Waals surface area (Å²) in [4.78, 5) is 29.7. The average molecular weight is 461 g/mol. The number of hydrogen-bond donors (Lipinski definition) is 2. The van der Waals surface area contributed by atoms with Crippen molar-refractivity contribution in [2.45, 2.75) is 25.6 Å². The van der Waals surface area contributed by atoms with E-state index in [1.165, 1.54) is 17.9 Å². The summed E-state index contributed by atoms with van der Waals surface area (Å²) in [6.45, 7) is -1.12. The second-order valence-electron chi connectivity index (χ2n) is 6.62. The fourth-order valence-electron chi connectivity index (χ4n) is 3.09. The number of alkyl halides is 2. The van der Waals surface area contributed by atoms with Gasteiger partial charge in [0, 0.05) is 30.9 Å². The summed E-state index contributed by atoms with van der Waals surface area (Å²) in [5.74, 6) is -2.84. The molecule has 2 aromatic rings. The molecule has 1 aromatic heterocycles. The molecule has 1 aromatic carbocycles. The van der Waals surface area contributed by atoms with E-state index in [0.29, 0.717) is 0 Å². The third kappa shape index (κ3) is 4.98. The number of benzene rings is 1. The maximum absolute atomic E-state index is 14.7. The van der Waals surface area contributed by atoms with Crippen molar-refractivity contribution in [1.29, 1.82) is 0 Å². The van der Waals surface area contributed by atoms with Gasteiger partial charge in [0.25, 0.3) is 0 Å². The predicted molar refractivity (Wildman–Crippen MR) is 102 cm³/mol. The number of amides is 3. The van der Waals surface area contributed by atoms with Gasteiger partial charge in [-0.25, -0.2) is 18.6 Å². The van der Waals surface area contributed by atoms with Gasteiger partial charge in [0.15, 0.2) is 0 Å². The van der Waals surface area contributed by atoms with Crippen LogP contribution >= 0.6 is 11.6 Å². The van der Waals surface area contributed by atoms with Gasteiger partial charge in [-0.2, -0.15) is 8.78 Å². The van der Waals surface area contributed by atoms with Crippen molar-refractivity contribution >= 4 is 23.5 Å². The number of aromatic nitrogens is 1. The monoisotopic (exact) mass is 460 g/mol. The summed E-state index contributed by atoms with van der Waals surface area (Å²) in [6, 6.07) is 1.74. The molecule has 166 valence electrons. The first-order chi connectivity index (χ1) is 14.7. The molecule has 1 aliphatic heterocycles. The molecule has 1 saturated heterocycles. The first kappa shape index (κ1) is 22.6. The molecule has 1 unspecified atom stereocenters. The molecule has 12 heteroatoms. The van der Waals surface area contributed by atoms with E-state index in [1.54, 1.807) is 0 Å². The SMILES string of the molecule is C[C@@H]1C(=O)NCCN1C(=O)NC(c1ccc(OC(F)F)nc1)c1ccc(F)c(Cl)c1F. The van der Waals surface area contributed by atoms with Crippen molar-refractivity contribution < 1.29 is 31.9 Å². The van der Waals surface area contributed by atoms with E-state index in [-0.39, 0.29) is 36.0 Å². The normalized spacial score (nSPS) is 17.3. The zero-order chi connectivity index (χ0) is 22.7. The molecule has 2 N–H and O–H groups in total. The molecule has 0 bridgehead atoms. The number of carbonyl (C=O) groups excluding carboxylic acids is 2. The van der Waals surface area contributed by atoms with Gasteiger partial charge in [-0.1, -0.05) is 17.7 Å². The van der Waals surface area contributed by atoms with E-state index in [4.69, 9.17) is 11.6 Å². The Bertz CT molecular complexity index is 977. The molecule has 1 aliphatic rings. The first-order valence-electron chi connectivity index (χ1n) is 9.08. The maximum atomic E-state index is 14.7. The van der Waals surface area contributed by atoms with Crippen LogP contribution in [0.15, 0.2) is 30.5 Å². The van der Waals surface area contributed by atoms with Crippen LogP contribution in [0.25, 0.3) is 0 Å². The molecule has 0 aliphatic carbocycles. The zero-order valence-corrected chi connectivity index (χ0v) is 16.8. The molecule has 2 atom stereocenters. The van der Waals surface area contributed by atoms with E-state index in [2.05, 4.69) is 20.4 Å². The number of hydrogen-bond acceptors (Lipinski definition) is 4. The van der Waals surface area contributed by atoms with Crippen molar-refractivity contribution in [1.82, 2.24) is 20.5 Å². The largest absolute Gasteiger partial charge is 0.417 e. The molecule has 1 fully saturated rings. The zero-order valence-electron chi connectivity index (χ0n) is 16.0.